The van der Waals surface area contributed by atoms with Crippen LogP contribution in [0.1, 0.15) is 36.2 Å². The Hall–Kier alpha value is -1.35. The van der Waals surface area contributed by atoms with Gasteiger partial charge in [0.1, 0.15) is 0 Å². The molecule has 2 N–H and O–H groups in total. The van der Waals surface area contributed by atoms with Gasteiger partial charge in [0.2, 0.25) is 0 Å². The topological polar surface area (TPSA) is 57.5 Å². The number of carbonyl (C=O) groups is 1. The molecule has 0 aromatic heterocycles. The van der Waals surface area contributed by atoms with Gasteiger partial charge in [-0.2, -0.15) is 0 Å². The maximum atomic E-state index is 10.7. The van der Waals surface area contributed by atoms with E-state index in [0.717, 1.165) is 0 Å². The van der Waals surface area contributed by atoms with E-state index < -0.39 is 11.6 Å². The van der Waals surface area contributed by atoms with E-state index in [9.17, 15) is 9.90 Å². The summed E-state index contributed by atoms with van der Waals surface area (Å²) in [6, 6.07) is 6.39. The van der Waals surface area contributed by atoms with Crippen molar-refractivity contribution in [2.24, 2.45) is 0 Å². The lowest BCUT2D eigenvalue weighted by atomic mass is 9.92. The zero-order chi connectivity index (χ0) is 10.8. The molecule has 0 aliphatic heterocycles. The van der Waals surface area contributed by atoms with Crippen molar-refractivity contribution in [3.05, 3.63) is 35.4 Å². The summed E-state index contributed by atoms with van der Waals surface area (Å²) in [5.74, 6) is -0.973. The summed E-state index contributed by atoms with van der Waals surface area (Å²) < 4.78 is 0. The van der Waals surface area contributed by atoms with Crippen molar-refractivity contribution in [3.63, 3.8) is 0 Å². The van der Waals surface area contributed by atoms with Gasteiger partial charge in [0.25, 0.3) is 0 Å². The Bertz CT molecular complexity index is 342. The van der Waals surface area contributed by atoms with E-state index in [0.29, 0.717) is 12.0 Å². The molecule has 1 unspecified atom stereocenters. The lowest BCUT2D eigenvalue weighted by molar-refractivity contribution is 0.0528. The predicted molar refractivity (Wildman–Crippen MR) is 53.3 cm³/mol. The van der Waals surface area contributed by atoms with Crippen LogP contribution in [0.5, 0.6) is 0 Å². The fourth-order valence-corrected chi connectivity index (χ4v) is 1.19. The summed E-state index contributed by atoms with van der Waals surface area (Å²) >= 11 is 0. The first kappa shape index (κ1) is 10.7. The van der Waals surface area contributed by atoms with Crippen LogP contribution in [0.3, 0.4) is 0 Å². The first-order valence-electron chi connectivity index (χ1n) is 4.53. The third-order valence-electron chi connectivity index (χ3n) is 2.42. The molecule has 76 valence electrons. The SMILES string of the molecule is CCC(C)(O)c1cccc(C(=O)O)c1. The first-order valence-corrected chi connectivity index (χ1v) is 4.53. The Labute approximate surface area is 83.0 Å². The zero-order valence-electron chi connectivity index (χ0n) is 8.32. The summed E-state index contributed by atoms with van der Waals surface area (Å²) in [6.45, 7) is 3.53. The zero-order valence-corrected chi connectivity index (χ0v) is 8.32. The van der Waals surface area contributed by atoms with Crippen LogP contribution in [-0.2, 0) is 5.60 Å². The second-order valence-corrected chi connectivity index (χ2v) is 3.51. The highest BCUT2D eigenvalue weighted by atomic mass is 16.4. The van der Waals surface area contributed by atoms with Gasteiger partial charge in [-0.1, -0.05) is 19.1 Å². The Balaban J connectivity index is 3.12. The Kier molecular flexibility index (Phi) is 2.91. The third kappa shape index (κ3) is 2.12. The van der Waals surface area contributed by atoms with E-state index in [4.69, 9.17) is 5.11 Å². The normalized spacial score (nSPS) is 14.8. The molecular weight excluding hydrogens is 180 g/mol. The molecule has 1 rings (SSSR count). The van der Waals surface area contributed by atoms with Gasteiger partial charge in [-0.25, -0.2) is 4.79 Å². The second-order valence-electron chi connectivity index (χ2n) is 3.51. The van der Waals surface area contributed by atoms with E-state index in [1.54, 1.807) is 19.1 Å². The van der Waals surface area contributed by atoms with Gasteiger partial charge in [-0.15, -0.1) is 0 Å². The molecule has 0 fully saturated rings. The minimum atomic E-state index is -0.973. The van der Waals surface area contributed by atoms with Crippen LogP contribution in [0.4, 0.5) is 0 Å². The first-order chi connectivity index (χ1) is 6.47. The monoisotopic (exact) mass is 194 g/mol. The van der Waals surface area contributed by atoms with Gasteiger partial charge < -0.3 is 10.2 Å². The second kappa shape index (κ2) is 3.80. The quantitative estimate of drug-likeness (QED) is 0.773. The number of aromatic carboxylic acids is 1. The molecular formula is C11H14O3. The molecule has 3 nitrogen and oxygen atoms in total. The Morgan fingerprint density at radius 1 is 1.50 bits per heavy atom. The van der Waals surface area contributed by atoms with E-state index in [2.05, 4.69) is 0 Å². The summed E-state index contributed by atoms with van der Waals surface area (Å²) in [6.07, 6.45) is 0.552. The van der Waals surface area contributed by atoms with Crippen LogP contribution in [0.2, 0.25) is 0 Å². The molecule has 14 heavy (non-hydrogen) atoms. The molecule has 3 heteroatoms. The van der Waals surface area contributed by atoms with Crippen LogP contribution in [0.15, 0.2) is 24.3 Å². The van der Waals surface area contributed by atoms with Crippen LogP contribution in [0.25, 0.3) is 0 Å². The van der Waals surface area contributed by atoms with E-state index in [-0.39, 0.29) is 5.56 Å². The lowest BCUT2D eigenvalue weighted by Gasteiger charge is -2.21. The van der Waals surface area contributed by atoms with Crippen molar-refractivity contribution in [3.8, 4) is 0 Å². The van der Waals surface area contributed by atoms with Crippen molar-refractivity contribution in [1.29, 1.82) is 0 Å². The van der Waals surface area contributed by atoms with Gasteiger partial charge in [0, 0.05) is 0 Å². The van der Waals surface area contributed by atoms with Gasteiger partial charge >= 0.3 is 5.97 Å². The van der Waals surface area contributed by atoms with E-state index in [1.165, 1.54) is 12.1 Å². The molecule has 1 atom stereocenters. The molecule has 0 bridgehead atoms. The predicted octanol–water partition coefficient (Wildman–Crippen LogP) is 2.00. The van der Waals surface area contributed by atoms with Crippen LogP contribution in [0, 0.1) is 0 Å². The number of rotatable bonds is 3. The molecule has 0 heterocycles. The minimum Gasteiger partial charge on any atom is -0.478 e. The molecule has 0 spiro atoms. The average molecular weight is 194 g/mol. The standard InChI is InChI=1S/C11H14O3/c1-3-11(2,14)9-6-4-5-8(7-9)10(12)13/h4-7,14H,3H2,1-2H3,(H,12,13). The van der Waals surface area contributed by atoms with Crippen LogP contribution < -0.4 is 0 Å². The smallest absolute Gasteiger partial charge is 0.335 e. The number of hydrogen-bond donors (Lipinski definition) is 2. The van der Waals surface area contributed by atoms with Crippen molar-refractivity contribution < 1.29 is 15.0 Å². The molecule has 0 saturated heterocycles. The van der Waals surface area contributed by atoms with Crippen molar-refractivity contribution >= 4 is 5.97 Å². The lowest BCUT2D eigenvalue weighted by Crippen LogP contribution is -2.20. The number of carboxylic acids is 1. The van der Waals surface area contributed by atoms with E-state index >= 15 is 0 Å². The summed E-state index contributed by atoms with van der Waals surface area (Å²) in [5.41, 5.74) is -0.109. The average Bonchev–Trinajstić information content (AvgIpc) is 2.18. The summed E-state index contributed by atoms with van der Waals surface area (Å²) in [7, 11) is 0. The third-order valence-corrected chi connectivity index (χ3v) is 2.42. The van der Waals surface area contributed by atoms with Crippen LogP contribution in [-0.4, -0.2) is 16.2 Å². The van der Waals surface area contributed by atoms with E-state index in [1.807, 2.05) is 6.92 Å². The highest BCUT2D eigenvalue weighted by molar-refractivity contribution is 5.87. The molecule has 0 saturated carbocycles. The van der Waals surface area contributed by atoms with Gasteiger partial charge in [0.15, 0.2) is 0 Å². The van der Waals surface area contributed by atoms with Gasteiger partial charge in [0.05, 0.1) is 11.2 Å². The molecule has 1 aromatic rings. The fraction of sp³-hybridized carbons (Fsp3) is 0.364. The highest BCUT2D eigenvalue weighted by Crippen LogP contribution is 2.24. The molecule has 0 radical (unpaired) electrons. The number of hydrogen-bond acceptors (Lipinski definition) is 2. The Morgan fingerprint density at radius 2 is 2.14 bits per heavy atom. The maximum absolute atomic E-state index is 10.7. The van der Waals surface area contributed by atoms with Gasteiger partial charge in [-0.05, 0) is 31.0 Å². The molecule has 0 aliphatic rings. The molecule has 0 aliphatic carbocycles. The van der Waals surface area contributed by atoms with Crippen LogP contribution >= 0.6 is 0 Å². The Morgan fingerprint density at radius 3 is 2.64 bits per heavy atom. The number of aliphatic hydroxyl groups is 1. The fourth-order valence-electron chi connectivity index (χ4n) is 1.19. The molecule has 1 aromatic carbocycles. The maximum Gasteiger partial charge on any atom is 0.335 e. The largest absolute Gasteiger partial charge is 0.478 e. The summed E-state index contributed by atoms with van der Waals surface area (Å²) in [4.78, 5) is 10.7. The van der Waals surface area contributed by atoms with Crippen molar-refractivity contribution in [1.82, 2.24) is 0 Å². The van der Waals surface area contributed by atoms with Crippen molar-refractivity contribution in [2.75, 3.05) is 0 Å². The number of benzene rings is 1. The van der Waals surface area contributed by atoms with Gasteiger partial charge in [-0.3, -0.25) is 0 Å². The minimum absolute atomic E-state index is 0.205. The number of carboxylic acid groups (broad SMARTS) is 1. The van der Waals surface area contributed by atoms with Crippen molar-refractivity contribution in [2.45, 2.75) is 25.9 Å². The highest BCUT2D eigenvalue weighted by Gasteiger charge is 2.21. The summed E-state index contributed by atoms with van der Waals surface area (Å²) in [5, 5.41) is 18.7. The molecule has 0 amide bonds.